The number of ether oxygens (including phenoxy) is 2. The van der Waals surface area contributed by atoms with Crippen molar-refractivity contribution in [3.8, 4) is 11.5 Å². The van der Waals surface area contributed by atoms with Crippen LogP contribution in [-0.4, -0.2) is 74.0 Å². The van der Waals surface area contributed by atoms with E-state index in [-0.39, 0.29) is 49.9 Å². The molecule has 12 nitrogen and oxygen atoms in total. The van der Waals surface area contributed by atoms with Crippen molar-refractivity contribution in [2.75, 3.05) is 26.3 Å². The molecule has 5 N–H and O–H groups in total. The molecule has 0 aromatic heterocycles. The van der Waals surface area contributed by atoms with Gasteiger partial charge in [0.1, 0.15) is 36.2 Å². The fourth-order valence-corrected chi connectivity index (χ4v) is 5.14. The van der Waals surface area contributed by atoms with Crippen LogP contribution in [0.4, 0.5) is 0 Å². The standard InChI is InChI=1S/C36H43N5O7/c1-23-14-15-30(24(2)20-23)48-19-17-38-36(46)29-22-32(42)39-25(3)33(43)40-28(21-26-10-5-4-6-11-26)35(45)37-16-9-18-47-31-13-8-7-12-27(31)34(44)41-29/h4-8,10-15,20,25,28-29H,9,16-19,21-22H2,1-3H3,(H,37,45)(H,38,46)(H,39,42)(H,40,43)(H,41,44)/t25-,28-,29-/m0/s1. The Kier molecular flexibility index (Phi) is 12.9. The molecule has 48 heavy (non-hydrogen) atoms. The maximum absolute atomic E-state index is 13.4. The number of benzene rings is 3. The van der Waals surface area contributed by atoms with Crippen molar-refractivity contribution in [3.63, 3.8) is 0 Å². The summed E-state index contributed by atoms with van der Waals surface area (Å²) in [5, 5.41) is 13.5. The lowest BCUT2D eigenvalue weighted by atomic mass is 10.0. The lowest BCUT2D eigenvalue weighted by Gasteiger charge is -2.23. The van der Waals surface area contributed by atoms with Crippen LogP contribution in [0.5, 0.6) is 11.5 Å². The summed E-state index contributed by atoms with van der Waals surface area (Å²) in [6, 6.07) is 18.4. The Morgan fingerprint density at radius 2 is 1.67 bits per heavy atom. The highest BCUT2D eigenvalue weighted by Gasteiger charge is 2.29. The summed E-state index contributed by atoms with van der Waals surface area (Å²) in [7, 11) is 0. The molecule has 1 aliphatic rings. The molecule has 12 heteroatoms. The van der Waals surface area contributed by atoms with Gasteiger partial charge in [-0.1, -0.05) is 60.2 Å². The van der Waals surface area contributed by atoms with Gasteiger partial charge in [-0.05, 0) is 56.5 Å². The third-order valence-corrected chi connectivity index (χ3v) is 7.70. The van der Waals surface area contributed by atoms with Crippen LogP contribution in [-0.2, 0) is 25.6 Å². The molecule has 0 aliphatic carbocycles. The van der Waals surface area contributed by atoms with Crippen LogP contribution >= 0.6 is 0 Å². The highest BCUT2D eigenvalue weighted by molar-refractivity contribution is 6.01. The van der Waals surface area contributed by atoms with E-state index in [1.165, 1.54) is 6.92 Å². The molecule has 0 fully saturated rings. The van der Waals surface area contributed by atoms with Crippen molar-refractivity contribution in [2.24, 2.45) is 0 Å². The van der Waals surface area contributed by atoms with Crippen LogP contribution in [0.3, 0.4) is 0 Å². The predicted octanol–water partition coefficient (Wildman–Crippen LogP) is 2.12. The monoisotopic (exact) mass is 657 g/mol. The van der Waals surface area contributed by atoms with Gasteiger partial charge in [-0.3, -0.25) is 24.0 Å². The number of carbonyl (C=O) groups is 5. The van der Waals surface area contributed by atoms with Gasteiger partial charge >= 0.3 is 0 Å². The highest BCUT2D eigenvalue weighted by atomic mass is 16.5. The predicted molar refractivity (Wildman–Crippen MR) is 180 cm³/mol. The first-order valence-corrected chi connectivity index (χ1v) is 16.0. The van der Waals surface area contributed by atoms with Crippen LogP contribution in [0.15, 0.2) is 72.8 Å². The van der Waals surface area contributed by atoms with E-state index in [2.05, 4.69) is 26.6 Å². The van der Waals surface area contributed by atoms with Gasteiger partial charge in [0.2, 0.25) is 23.6 Å². The summed E-state index contributed by atoms with van der Waals surface area (Å²) in [5.41, 5.74) is 3.08. The first-order valence-electron chi connectivity index (χ1n) is 16.0. The van der Waals surface area contributed by atoms with Crippen molar-refractivity contribution >= 4 is 29.5 Å². The normalized spacial score (nSPS) is 19.5. The number of amides is 5. The van der Waals surface area contributed by atoms with E-state index in [9.17, 15) is 24.0 Å². The number of hydrogen-bond donors (Lipinski definition) is 5. The smallest absolute Gasteiger partial charge is 0.255 e. The number of para-hydroxylation sites is 1. The van der Waals surface area contributed by atoms with E-state index in [0.29, 0.717) is 12.2 Å². The van der Waals surface area contributed by atoms with Crippen LogP contribution in [0.25, 0.3) is 0 Å². The van der Waals surface area contributed by atoms with Gasteiger partial charge in [-0.25, -0.2) is 0 Å². The van der Waals surface area contributed by atoms with Gasteiger partial charge < -0.3 is 36.1 Å². The molecular weight excluding hydrogens is 614 g/mol. The molecule has 1 aliphatic heterocycles. The van der Waals surface area contributed by atoms with E-state index >= 15 is 0 Å². The first-order chi connectivity index (χ1) is 23.1. The van der Waals surface area contributed by atoms with E-state index in [1.807, 2.05) is 62.4 Å². The van der Waals surface area contributed by atoms with Crippen LogP contribution in [0, 0.1) is 13.8 Å². The van der Waals surface area contributed by atoms with E-state index in [0.717, 1.165) is 16.7 Å². The van der Waals surface area contributed by atoms with E-state index < -0.39 is 48.2 Å². The second kappa shape index (κ2) is 17.5. The maximum Gasteiger partial charge on any atom is 0.255 e. The van der Waals surface area contributed by atoms with Crippen molar-refractivity contribution in [2.45, 2.75) is 58.2 Å². The van der Waals surface area contributed by atoms with E-state index in [1.54, 1.807) is 24.3 Å². The average Bonchev–Trinajstić information content (AvgIpc) is 3.06. The summed E-state index contributed by atoms with van der Waals surface area (Å²) in [5.74, 6) is -1.86. The molecular formula is C36H43N5O7. The lowest BCUT2D eigenvalue weighted by molar-refractivity contribution is -0.132. The zero-order valence-corrected chi connectivity index (χ0v) is 27.5. The lowest BCUT2D eigenvalue weighted by Crippen LogP contribution is -2.55. The van der Waals surface area contributed by atoms with Gasteiger partial charge in [-0.15, -0.1) is 0 Å². The molecule has 5 amide bonds. The average molecular weight is 658 g/mol. The molecule has 1 heterocycles. The Balaban J connectivity index is 1.49. The summed E-state index contributed by atoms with van der Waals surface area (Å²) < 4.78 is 11.7. The van der Waals surface area contributed by atoms with E-state index in [4.69, 9.17) is 9.47 Å². The molecule has 0 unspecified atom stereocenters. The third-order valence-electron chi connectivity index (χ3n) is 7.70. The highest BCUT2D eigenvalue weighted by Crippen LogP contribution is 2.19. The molecule has 4 rings (SSSR count). The number of nitrogens with one attached hydrogen (secondary N) is 5. The van der Waals surface area contributed by atoms with Crippen LogP contribution < -0.4 is 36.1 Å². The molecule has 3 atom stereocenters. The fourth-order valence-electron chi connectivity index (χ4n) is 5.14. The number of carbonyl (C=O) groups excluding carboxylic acids is 5. The topological polar surface area (TPSA) is 164 Å². The Labute approximate surface area is 280 Å². The second-order valence-corrected chi connectivity index (χ2v) is 11.7. The van der Waals surface area contributed by atoms with Crippen LogP contribution in [0.1, 0.15) is 46.8 Å². The minimum Gasteiger partial charge on any atom is -0.493 e. The zero-order valence-electron chi connectivity index (χ0n) is 27.5. The summed E-state index contributed by atoms with van der Waals surface area (Å²) in [4.78, 5) is 66.2. The molecule has 0 saturated carbocycles. The Morgan fingerprint density at radius 3 is 2.44 bits per heavy atom. The van der Waals surface area contributed by atoms with Gasteiger partial charge in [-0.2, -0.15) is 0 Å². The molecule has 3 aromatic carbocycles. The number of hydrogen-bond acceptors (Lipinski definition) is 7. The first kappa shape index (κ1) is 35.5. The SMILES string of the molecule is Cc1ccc(OCCNC(=O)[C@@H]2CC(=O)N[C@@H](C)C(=O)N[C@@H](Cc3ccccc3)C(=O)NCCCOc3ccccc3C(=O)N2)c(C)c1. The van der Waals surface area contributed by atoms with Crippen LogP contribution in [0.2, 0.25) is 0 Å². The third kappa shape index (κ3) is 10.6. The molecule has 3 aromatic rings. The quantitative estimate of drug-likeness (QED) is 0.243. The van der Waals surface area contributed by atoms with Gasteiger partial charge in [0.25, 0.3) is 5.91 Å². The molecule has 254 valence electrons. The van der Waals surface area contributed by atoms with Gasteiger partial charge in [0.05, 0.1) is 25.1 Å². The molecule has 0 saturated heterocycles. The molecule has 0 spiro atoms. The number of aryl methyl sites for hydroxylation is 2. The van der Waals surface area contributed by atoms with Crippen molar-refractivity contribution in [3.05, 3.63) is 95.1 Å². The second-order valence-electron chi connectivity index (χ2n) is 11.7. The number of rotatable bonds is 7. The zero-order chi connectivity index (χ0) is 34.5. The Morgan fingerprint density at radius 1 is 0.917 bits per heavy atom. The minimum absolute atomic E-state index is 0.115. The minimum atomic E-state index is -1.28. The largest absolute Gasteiger partial charge is 0.493 e. The van der Waals surface area contributed by atoms with Gasteiger partial charge in [0.15, 0.2) is 0 Å². The summed E-state index contributed by atoms with van der Waals surface area (Å²) >= 11 is 0. The summed E-state index contributed by atoms with van der Waals surface area (Å²) in [6.07, 6.45) is 0.212. The Bertz CT molecular complexity index is 1600. The summed E-state index contributed by atoms with van der Waals surface area (Å²) in [6.45, 7) is 6.11. The van der Waals surface area contributed by atoms with Gasteiger partial charge in [0, 0.05) is 13.0 Å². The Hall–Kier alpha value is -5.39. The van der Waals surface area contributed by atoms with Crippen molar-refractivity contribution < 1.29 is 33.4 Å². The molecule has 0 bridgehead atoms. The maximum atomic E-state index is 13.4. The fraction of sp³-hybridized carbons (Fsp3) is 0.361. The molecule has 0 radical (unpaired) electrons. The number of fused-ring (bicyclic) bond motifs is 1. The van der Waals surface area contributed by atoms with Crippen molar-refractivity contribution in [1.82, 2.24) is 26.6 Å². The van der Waals surface area contributed by atoms with Crippen molar-refractivity contribution in [1.29, 1.82) is 0 Å².